The second-order valence-electron chi connectivity index (χ2n) is 4.15. The largest absolute Gasteiger partial charge is 0.348 e. The van der Waals surface area contributed by atoms with Crippen LogP contribution in [0, 0.1) is 0 Å². The minimum atomic E-state index is -0.438. The summed E-state index contributed by atoms with van der Waals surface area (Å²) < 4.78 is 11.1. The molecule has 0 unspecified atom stereocenters. The highest BCUT2D eigenvalue weighted by molar-refractivity contribution is 8.13. The molecule has 1 aliphatic heterocycles. The van der Waals surface area contributed by atoms with Gasteiger partial charge in [0.15, 0.2) is 10.9 Å². The fourth-order valence-electron chi connectivity index (χ4n) is 1.61. The molecule has 0 aromatic carbocycles. The number of rotatable bonds is 5. The molecule has 0 bridgehead atoms. The van der Waals surface area contributed by atoms with Gasteiger partial charge in [-0.15, -0.1) is 0 Å². The molecule has 1 atom stereocenters. The first-order valence-corrected chi connectivity index (χ1v) is 6.49. The molecule has 1 rings (SSSR count). The van der Waals surface area contributed by atoms with Crippen LogP contribution in [-0.4, -0.2) is 29.4 Å². The highest BCUT2D eigenvalue weighted by Gasteiger charge is 2.32. The third kappa shape index (κ3) is 5.00. The second-order valence-corrected chi connectivity index (χ2v) is 5.47. The third-order valence-corrected chi connectivity index (χ3v) is 3.09. The molecule has 0 aliphatic carbocycles. The van der Waals surface area contributed by atoms with Crippen molar-refractivity contribution in [3.63, 3.8) is 0 Å². The van der Waals surface area contributed by atoms with Crippen molar-refractivity contribution in [3.05, 3.63) is 0 Å². The average Bonchev–Trinajstić information content (AvgIpc) is 2.46. The smallest absolute Gasteiger partial charge is 0.188 e. The molecule has 0 N–H and O–H groups in total. The lowest BCUT2D eigenvalue weighted by Gasteiger charge is -2.16. The fourth-order valence-corrected chi connectivity index (χ4v) is 2.22. The van der Waals surface area contributed by atoms with Crippen molar-refractivity contribution in [2.45, 2.75) is 51.9 Å². The number of hydrogen-bond acceptors (Lipinski definition) is 4. The van der Waals surface area contributed by atoms with Crippen molar-refractivity contribution < 1.29 is 14.3 Å². The van der Waals surface area contributed by atoms with Crippen molar-refractivity contribution in [2.24, 2.45) is 0 Å². The summed E-state index contributed by atoms with van der Waals surface area (Å²) in [6.45, 7) is 6.50. The van der Waals surface area contributed by atoms with Crippen LogP contribution in [0.1, 0.15) is 40.0 Å². The topological polar surface area (TPSA) is 35.5 Å². The predicted molar refractivity (Wildman–Crippen MR) is 61.9 cm³/mol. The fraction of sp³-hybridized carbons (Fsp3) is 0.909. The van der Waals surface area contributed by atoms with E-state index >= 15 is 0 Å². The minimum absolute atomic E-state index is 0.166. The molecule has 1 aliphatic rings. The molecule has 0 aromatic rings. The molecule has 0 amide bonds. The van der Waals surface area contributed by atoms with Gasteiger partial charge >= 0.3 is 0 Å². The Morgan fingerprint density at radius 1 is 1.53 bits per heavy atom. The Hall–Kier alpha value is -0.0600. The zero-order valence-corrected chi connectivity index (χ0v) is 10.6. The second kappa shape index (κ2) is 5.87. The number of carbonyl (C=O) groups excluding carboxylic acids is 1. The maximum absolute atomic E-state index is 11.2. The molecule has 3 nitrogen and oxygen atoms in total. The lowest BCUT2D eigenvalue weighted by molar-refractivity contribution is -0.139. The lowest BCUT2D eigenvalue weighted by Crippen LogP contribution is -2.21. The van der Waals surface area contributed by atoms with Gasteiger partial charge in [0, 0.05) is 6.42 Å². The van der Waals surface area contributed by atoms with Gasteiger partial charge < -0.3 is 9.47 Å². The van der Waals surface area contributed by atoms with Crippen molar-refractivity contribution in [1.29, 1.82) is 0 Å². The zero-order chi connectivity index (χ0) is 11.3. The van der Waals surface area contributed by atoms with E-state index in [0.29, 0.717) is 13.0 Å². The molecule has 1 saturated heterocycles. The molecular weight excluding hydrogens is 212 g/mol. The van der Waals surface area contributed by atoms with Crippen LogP contribution in [0.4, 0.5) is 0 Å². The molecule has 1 heterocycles. The summed E-state index contributed by atoms with van der Waals surface area (Å²) >= 11 is 1.40. The molecular formula is C11H20O3S. The van der Waals surface area contributed by atoms with E-state index in [-0.39, 0.29) is 11.2 Å². The van der Waals surface area contributed by atoms with Crippen LogP contribution in [0.15, 0.2) is 0 Å². The predicted octanol–water partition coefficient (Wildman–Crippen LogP) is 2.59. The Kier molecular flexibility index (Phi) is 5.09. The highest BCUT2D eigenvalue weighted by Crippen LogP contribution is 2.25. The molecule has 88 valence electrons. The van der Waals surface area contributed by atoms with Crippen LogP contribution in [0.5, 0.6) is 0 Å². The van der Waals surface area contributed by atoms with Gasteiger partial charge in [-0.3, -0.25) is 4.79 Å². The quantitative estimate of drug-likeness (QED) is 0.730. The maximum atomic E-state index is 11.2. The van der Waals surface area contributed by atoms with Crippen LogP contribution in [0.25, 0.3) is 0 Å². The molecule has 0 spiro atoms. The Balaban J connectivity index is 2.09. The standard InChI is InChI=1S/C11H20O3S/c1-4-15-10(12)7-5-6-9-8-13-11(2,3)14-9/h9H,4-8H2,1-3H3/t9-/m1/s1. The van der Waals surface area contributed by atoms with E-state index in [0.717, 1.165) is 18.6 Å². The Bertz CT molecular complexity index is 216. The van der Waals surface area contributed by atoms with Gasteiger partial charge in [-0.2, -0.15) is 0 Å². The number of thioether (sulfide) groups is 1. The molecule has 15 heavy (non-hydrogen) atoms. The van der Waals surface area contributed by atoms with Crippen LogP contribution >= 0.6 is 11.8 Å². The Labute approximate surface area is 95.9 Å². The van der Waals surface area contributed by atoms with E-state index in [2.05, 4.69) is 0 Å². The summed E-state index contributed by atoms with van der Waals surface area (Å²) in [6.07, 6.45) is 2.63. The van der Waals surface area contributed by atoms with E-state index in [1.54, 1.807) is 0 Å². The van der Waals surface area contributed by atoms with Crippen LogP contribution in [0.3, 0.4) is 0 Å². The summed E-state index contributed by atoms with van der Waals surface area (Å²) in [5.41, 5.74) is 0. The summed E-state index contributed by atoms with van der Waals surface area (Å²) in [4.78, 5) is 11.2. The Morgan fingerprint density at radius 2 is 2.27 bits per heavy atom. The number of hydrogen-bond donors (Lipinski definition) is 0. The molecule has 0 aromatic heterocycles. The first kappa shape index (κ1) is 13.0. The van der Waals surface area contributed by atoms with E-state index in [1.807, 2.05) is 20.8 Å². The van der Waals surface area contributed by atoms with Crippen LogP contribution < -0.4 is 0 Å². The van der Waals surface area contributed by atoms with Gasteiger partial charge in [-0.25, -0.2) is 0 Å². The van der Waals surface area contributed by atoms with Crippen molar-refractivity contribution in [2.75, 3.05) is 12.4 Å². The molecule has 1 fully saturated rings. The van der Waals surface area contributed by atoms with E-state index < -0.39 is 5.79 Å². The molecule has 0 saturated carbocycles. The summed E-state index contributed by atoms with van der Waals surface area (Å²) in [6, 6.07) is 0. The number of carbonyl (C=O) groups is 1. The maximum Gasteiger partial charge on any atom is 0.188 e. The van der Waals surface area contributed by atoms with E-state index in [1.165, 1.54) is 11.8 Å². The zero-order valence-electron chi connectivity index (χ0n) is 9.75. The van der Waals surface area contributed by atoms with E-state index in [9.17, 15) is 4.79 Å². The first-order valence-electron chi connectivity index (χ1n) is 5.51. The van der Waals surface area contributed by atoms with Gasteiger partial charge in [0.05, 0.1) is 12.7 Å². The Morgan fingerprint density at radius 3 is 2.80 bits per heavy atom. The average molecular weight is 232 g/mol. The normalized spacial score (nSPS) is 24.3. The summed E-state index contributed by atoms with van der Waals surface area (Å²) in [7, 11) is 0. The highest BCUT2D eigenvalue weighted by atomic mass is 32.2. The SMILES string of the molecule is CCSC(=O)CCC[C@@H]1COC(C)(C)O1. The summed E-state index contributed by atoms with van der Waals surface area (Å²) in [5.74, 6) is 0.432. The molecule has 0 radical (unpaired) electrons. The first-order chi connectivity index (χ1) is 7.03. The number of ether oxygens (including phenoxy) is 2. The van der Waals surface area contributed by atoms with Gasteiger partial charge in [-0.05, 0) is 32.4 Å². The lowest BCUT2D eigenvalue weighted by atomic mass is 10.2. The minimum Gasteiger partial charge on any atom is -0.348 e. The van der Waals surface area contributed by atoms with Gasteiger partial charge in [0.2, 0.25) is 0 Å². The van der Waals surface area contributed by atoms with E-state index in [4.69, 9.17) is 9.47 Å². The van der Waals surface area contributed by atoms with Crippen molar-refractivity contribution >= 4 is 16.9 Å². The van der Waals surface area contributed by atoms with Crippen molar-refractivity contribution in [3.8, 4) is 0 Å². The monoisotopic (exact) mass is 232 g/mol. The van der Waals surface area contributed by atoms with Gasteiger partial charge in [0.1, 0.15) is 0 Å². The van der Waals surface area contributed by atoms with Gasteiger partial charge in [0.25, 0.3) is 0 Å². The van der Waals surface area contributed by atoms with Crippen LogP contribution in [-0.2, 0) is 14.3 Å². The third-order valence-electron chi connectivity index (χ3n) is 2.28. The van der Waals surface area contributed by atoms with Crippen molar-refractivity contribution in [1.82, 2.24) is 0 Å². The van der Waals surface area contributed by atoms with Crippen LogP contribution in [0.2, 0.25) is 0 Å². The van der Waals surface area contributed by atoms with Gasteiger partial charge in [-0.1, -0.05) is 18.7 Å². The molecule has 4 heteroatoms. The summed E-state index contributed by atoms with van der Waals surface area (Å²) in [5, 5.41) is 0.288.